The maximum Gasteiger partial charge on any atom is 0.236 e. The Hall–Kier alpha value is -2.17. The molecule has 1 saturated heterocycles. The van der Waals surface area contributed by atoms with Crippen molar-refractivity contribution in [3.63, 3.8) is 0 Å². The first-order valence-corrected chi connectivity index (χ1v) is 10.5. The number of amides is 1. The summed E-state index contributed by atoms with van der Waals surface area (Å²) >= 11 is 0. The molecule has 1 N–H and O–H groups in total. The molecule has 0 atom stereocenters. The van der Waals surface area contributed by atoms with Crippen LogP contribution in [0.15, 0.2) is 60.7 Å². The smallest absolute Gasteiger partial charge is 0.236 e. The third-order valence-electron chi connectivity index (χ3n) is 5.63. The summed E-state index contributed by atoms with van der Waals surface area (Å²) in [5, 5.41) is 3.23. The van der Waals surface area contributed by atoms with Gasteiger partial charge in [-0.15, -0.1) is 0 Å². The van der Waals surface area contributed by atoms with E-state index in [1.165, 1.54) is 17.5 Å². The second-order valence-electron chi connectivity index (χ2n) is 7.83. The number of likely N-dealkylation sites (tertiary alicyclic amines) is 1. The van der Waals surface area contributed by atoms with Gasteiger partial charge in [-0.2, -0.15) is 0 Å². The minimum absolute atomic E-state index is 0.263. The summed E-state index contributed by atoms with van der Waals surface area (Å²) in [5.74, 6) is 1.01. The Morgan fingerprint density at radius 2 is 1.50 bits per heavy atom. The number of piperidine rings is 1. The molecule has 1 aliphatic heterocycles. The summed E-state index contributed by atoms with van der Waals surface area (Å²) in [7, 11) is 2.01. The van der Waals surface area contributed by atoms with E-state index >= 15 is 0 Å². The molecule has 0 aromatic heterocycles. The topological polar surface area (TPSA) is 35.6 Å². The van der Waals surface area contributed by atoms with Gasteiger partial charge in [0.2, 0.25) is 5.91 Å². The zero-order valence-corrected chi connectivity index (χ0v) is 17.0. The normalized spacial score (nSPS) is 15.1. The SMILES string of the molecule is CNCCC1CCN(C(=O)CN(Cc2ccccc2)Cc2ccccc2)CC1. The van der Waals surface area contributed by atoms with E-state index in [9.17, 15) is 4.79 Å². The van der Waals surface area contributed by atoms with E-state index in [0.29, 0.717) is 6.54 Å². The number of nitrogens with zero attached hydrogens (tertiary/aromatic N) is 2. The van der Waals surface area contributed by atoms with Crippen LogP contribution in [0, 0.1) is 5.92 Å². The van der Waals surface area contributed by atoms with Crippen LogP contribution in [0.3, 0.4) is 0 Å². The van der Waals surface area contributed by atoms with Crippen LogP contribution in [0.4, 0.5) is 0 Å². The van der Waals surface area contributed by atoms with Crippen LogP contribution >= 0.6 is 0 Å². The Morgan fingerprint density at radius 1 is 0.964 bits per heavy atom. The second kappa shape index (κ2) is 11.0. The maximum absolute atomic E-state index is 13.0. The van der Waals surface area contributed by atoms with Crippen molar-refractivity contribution in [1.29, 1.82) is 0 Å². The summed E-state index contributed by atoms with van der Waals surface area (Å²) in [6.07, 6.45) is 3.47. The van der Waals surface area contributed by atoms with E-state index in [1.807, 2.05) is 19.2 Å². The lowest BCUT2D eigenvalue weighted by Gasteiger charge is -2.33. The molecule has 3 rings (SSSR count). The molecule has 0 saturated carbocycles. The van der Waals surface area contributed by atoms with Crippen LogP contribution in [0.2, 0.25) is 0 Å². The van der Waals surface area contributed by atoms with Crippen LogP contribution in [-0.4, -0.2) is 48.9 Å². The standard InChI is InChI=1S/C24H33N3O/c1-25-15-12-21-13-16-27(17-14-21)24(28)20-26(18-22-8-4-2-5-9-22)19-23-10-6-3-7-11-23/h2-11,21,25H,12-20H2,1H3. The van der Waals surface area contributed by atoms with E-state index in [1.54, 1.807) is 0 Å². The molecular weight excluding hydrogens is 346 g/mol. The molecule has 0 unspecified atom stereocenters. The number of hydrogen-bond donors (Lipinski definition) is 1. The van der Waals surface area contributed by atoms with Gasteiger partial charge in [0, 0.05) is 26.2 Å². The van der Waals surface area contributed by atoms with Crippen LogP contribution < -0.4 is 5.32 Å². The molecule has 0 radical (unpaired) electrons. The van der Waals surface area contributed by atoms with E-state index in [4.69, 9.17) is 0 Å². The first-order valence-electron chi connectivity index (χ1n) is 10.5. The first kappa shape index (κ1) is 20.6. The van der Waals surface area contributed by atoms with Crippen molar-refractivity contribution in [3.8, 4) is 0 Å². The van der Waals surface area contributed by atoms with Crippen molar-refractivity contribution in [2.75, 3.05) is 33.2 Å². The Kier molecular flexibility index (Phi) is 8.07. The average molecular weight is 380 g/mol. The number of carbonyl (C=O) groups is 1. The molecule has 4 nitrogen and oxygen atoms in total. The van der Waals surface area contributed by atoms with Gasteiger partial charge < -0.3 is 10.2 Å². The van der Waals surface area contributed by atoms with Gasteiger partial charge >= 0.3 is 0 Å². The molecule has 1 amide bonds. The van der Waals surface area contributed by atoms with Gasteiger partial charge in [-0.05, 0) is 49.9 Å². The molecule has 0 aliphatic carbocycles. The second-order valence-corrected chi connectivity index (χ2v) is 7.83. The number of rotatable bonds is 9. The monoisotopic (exact) mass is 379 g/mol. The Morgan fingerprint density at radius 3 is 2.00 bits per heavy atom. The lowest BCUT2D eigenvalue weighted by molar-refractivity contribution is -0.134. The summed E-state index contributed by atoms with van der Waals surface area (Å²) in [5.41, 5.74) is 2.49. The van der Waals surface area contributed by atoms with Crippen molar-refractivity contribution in [2.24, 2.45) is 5.92 Å². The largest absolute Gasteiger partial charge is 0.342 e. The Bertz CT molecular complexity index is 655. The fraction of sp³-hybridized carbons (Fsp3) is 0.458. The minimum atomic E-state index is 0.263. The van der Waals surface area contributed by atoms with E-state index in [-0.39, 0.29) is 5.91 Å². The first-order chi connectivity index (χ1) is 13.7. The summed E-state index contributed by atoms with van der Waals surface area (Å²) < 4.78 is 0. The molecule has 28 heavy (non-hydrogen) atoms. The number of carbonyl (C=O) groups excluding carboxylic acids is 1. The van der Waals surface area contributed by atoms with E-state index in [2.05, 4.69) is 63.6 Å². The van der Waals surface area contributed by atoms with E-state index in [0.717, 1.165) is 51.5 Å². The Labute approximate surface area is 169 Å². The number of hydrogen-bond acceptors (Lipinski definition) is 3. The quantitative estimate of drug-likeness (QED) is 0.724. The van der Waals surface area contributed by atoms with Crippen LogP contribution in [-0.2, 0) is 17.9 Å². The van der Waals surface area contributed by atoms with Gasteiger partial charge in [-0.3, -0.25) is 9.69 Å². The summed E-state index contributed by atoms with van der Waals surface area (Å²) in [6, 6.07) is 20.9. The van der Waals surface area contributed by atoms with Gasteiger partial charge in [0.15, 0.2) is 0 Å². The fourth-order valence-corrected chi connectivity index (χ4v) is 3.96. The Balaban J connectivity index is 1.58. The van der Waals surface area contributed by atoms with Crippen molar-refractivity contribution in [3.05, 3.63) is 71.8 Å². The lowest BCUT2D eigenvalue weighted by atomic mass is 9.93. The summed E-state index contributed by atoms with van der Waals surface area (Å²) in [4.78, 5) is 17.3. The van der Waals surface area contributed by atoms with E-state index < -0.39 is 0 Å². The van der Waals surface area contributed by atoms with Gasteiger partial charge in [-0.25, -0.2) is 0 Å². The van der Waals surface area contributed by atoms with Crippen molar-refractivity contribution in [2.45, 2.75) is 32.4 Å². The zero-order chi connectivity index (χ0) is 19.6. The molecular formula is C24H33N3O. The van der Waals surface area contributed by atoms with Crippen LogP contribution in [0.1, 0.15) is 30.4 Å². The summed E-state index contributed by atoms with van der Waals surface area (Å²) in [6.45, 7) is 4.93. The number of benzene rings is 2. The average Bonchev–Trinajstić information content (AvgIpc) is 2.74. The highest BCUT2D eigenvalue weighted by atomic mass is 16.2. The maximum atomic E-state index is 13.0. The molecule has 0 bridgehead atoms. The van der Waals surface area contributed by atoms with Gasteiger partial charge in [-0.1, -0.05) is 60.7 Å². The van der Waals surface area contributed by atoms with Crippen molar-refractivity contribution in [1.82, 2.24) is 15.1 Å². The van der Waals surface area contributed by atoms with Crippen LogP contribution in [0.5, 0.6) is 0 Å². The minimum Gasteiger partial charge on any atom is -0.342 e. The highest BCUT2D eigenvalue weighted by Crippen LogP contribution is 2.20. The number of nitrogens with one attached hydrogen (secondary N) is 1. The lowest BCUT2D eigenvalue weighted by Crippen LogP contribution is -2.44. The predicted molar refractivity (Wildman–Crippen MR) is 115 cm³/mol. The molecule has 0 spiro atoms. The van der Waals surface area contributed by atoms with Gasteiger partial charge in [0.05, 0.1) is 6.54 Å². The molecule has 1 heterocycles. The van der Waals surface area contributed by atoms with Crippen LogP contribution in [0.25, 0.3) is 0 Å². The molecule has 1 fully saturated rings. The van der Waals surface area contributed by atoms with Crippen molar-refractivity contribution >= 4 is 5.91 Å². The third kappa shape index (κ3) is 6.47. The highest BCUT2D eigenvalue weighted by Gasteiger charge is 2.24. The molecule has 150 valence electrons. The molecule has 4 heteroatoms. The molecule has 1 aliphatic rings. The predicted octanol–water partition coefficient (Wildman–Crippen LogP) is 3.54. The fourth-order valence-electron chi connectivity index (χ4n) is 3.96. The van der Waals surface area contributed by atoms with Gasteiger partial charge in [0.25, 0.3) is 0 Å². The molecule has 2 aromatic rings. The molecule has 2 aromatic carbocycles. The van der Waals surface area contributed by atoms with Gasteiger partial charge in [0.1, 0.15) is 0 Å². The third-order valence-corrected chi connectivity index (χ3v) is 5.63. The zero-order valence-electron chi connectivity index (χ0n) is 17.0. The highest BCUT2D eigenvalue weighted by molar-refractivity contribution is 5.78. The van der Waals surface area contributed by atoms with Crippen molar-refractivity contribution < 1.29 is 4.79 Å².